The zero-order valence-electron chi connectivity index (χ0n) is 12.7. The maximum atomic E-state index is 12.9. The van der Waals surface area contributed by atoms with Crippen molar-refractivity contribution in [2.75, 3.05) is 5.32 Å². The lowest BCUT2D eigenvalue weighted by atomic mass is 9.79. The fraction of sp³-hybridized carbons (Fsp3) is 0.529. The molecule has 1 fully saturated rings. The second-order valence-corrected chi connectivity index (χ2v) is 6.27. The lowest BCUT2D eigenvalue weighted by molar-refractivity contribution is -0.122. The summed E-state index contributed by atoms with van der Waals surface area (Å²) in [6, 6.07) is 7.91. The van der Waals surface area contributed by atoms with Gasteiger partial charge in [0.1, 0.15) is 0 Å². The standard InChI is InChI=1S/C17H24N2OS/c1-2-13-9-5-6-10-14(13)19-16(20)17(15(18)21)11-7-3-4-8-12-17/h5-6,9-10H,2-4,7-8,11-12H2,1H3,(H2,18,21)(H,19,20). The van der Waals surface area contributed by atoms with Gasteiger partial charge in [-0.15, -0.1) is 0 Å². The van der Waals surface area contributed by atoms with Gasteiger partial charge in [-0.2, -0.15) is 0 Å². The van der Waals surface area contributed by atoms with Crippen LogP contribution in [-0.2, 0) is 11.2 Å². The van der Waals surface area contributed by atoms with E-state index in [0.717, 1.165) is 56.2 Å². The van der Waals surface area contributed by atoms with Gasteiger partial charge < -0.3 is 11.1 Å². The third kappa shape index (κ3) is 3.43. The molecule has 0 bridgehead atoms. The summed E-state index contributed by atoms with van der Waals surface area (Å²) in [6.45, 7) is 2.08. The van der Waals surface area contributed by atoms with Crippen LogP contribution in [0.1, 0.15) is 51.0 Å². The molecule has 4 heteroatoms. The molecule has 3 N–H and O–H groups in total. The smallest absolute Gasteiger partial charge is 0.237 e. The summed E-state index contributed by atoms with van der Waals surface area (Å²) >= 11 is 5.26. The molecule has 21 heavy (non-hydrogen) atoms. The van der Waals surface area contributed by atoms with Crippen LogP contribution >= 0.6 is 12.2 Å². The highest BCUT2D eigenvalue weighted by atomic mass is 32.1. The van der Waals surface area contributed by atoms with Crippen molar-refractivity contribution in [3.05, 3.63) is 29.8 Å². The number of nitrogens with one attached hydrogen (secondary N) is 1. The molecule has 0 aliphatic heterocycles. The zero-order chi connectivity index (χ0) is 15.3. The molecule has 0 heterocycles. The monoisotopic (exact) mass is 304 g/mol. The lowest BCUT2D eigenvalue weighted by Crippen LogP contribution is -2.45. The Morgan fingerprint density at radius 3 is 2.43 bits per heavy atom. The second kappa shape index (κ2) is 7.03. The number of aryl methyl sites for hydroxylation is 1. The van der Waals surface area contributed by atoms with Crippen molar-refractivity contribution in [3.63, 3.8) is 0 Å². The Labute approximate surface area is 132 Å². The molecule has 0 unspecified atom stereocenters. The van der Waals surface area contributed by atoms with Crippen LogP contribution < -0.4 is 11.1 Å². The highest BCUT2D eigenvalue weighted by Crippen LogP contribution is 2.37. The number of hydrogen-bond donors (Lipinski definition) is 2. The molecular formula is C17H24N2OS. The van der Waals surface area contributed by atoms with Crippen molar-refractivity contribution in [1.82, 2.24) is 0 Å². The Kier molecular flexibility index (Phi) is 5.34. The molecule has 0 atom stereocenters. The number of nitrogens with two attached hydrogens (primary N) is 1. The van der Waals surface area contributed by atoms with Gasteiger partial charge in [-0.05, 0) is 30.9 Å². The number of hydrogen-bond acceptors (Lipinski definition) is 2. The van der Waals surface area contributed by atoms with E-state index in [4.69, 9.17) is 18.0 Å². The third-order valence-corrected chi connectivity index (χ3v) is 4.90. The summed E-state index contributed by atoms with van der Waals surface area (Å²) in [5, 5.41) is 3.07. The maximum Gasteiger partial charge on any atom is 0.237 e. The van der Waals surface area contributed by atoms with Crippen molar-refractivity contribution in [3.8, 4) is 0 Å². The van der Waals surface area contributed by atoms with Gasteiger partial charge in [0.05, 0.1) is 10.4 Å². The van der Waals surface area contributed by atoms with Crippen LogP contribution in [0.3, 0.4) is 0 Å². The molecule has 3 nitrogen and oxygen atoms in total. The minimum absolute atomic E-state index is 0.0298. The summed E-state index contributed by atoms with van der Waals surface area (Å²) < 4.78 is 0. The van der Waals surface area contributed by atoms with Gasteiger partial charge in [0, 0.05) is 5.69 Å². The third-order valence-electron chi connectivity index (χ3n) is 4.51. The number of rotatable bonds is 4. The lowest BCUT2D eigenvalue weighted by Gasteiger charge is -2.30. The number of anilines is 1. The quantitative estimate of drug-likeness (QED) is 0.657. The van der Waals surface area contributed by atoms with Gasteiger partial charge in [0.25, 0.3) is 0 Å². The van der Waals surface area contributed by atoms with Crippen molar-refractivity contribution >= 4 is 28.8 Å². The summed E-state index contributed by atoms with van der Waals surface area (Å²) in [4.78, 5) is 13.2. The first kappa shape index (κ1) is 16.0. The maximum absolute atomic E-state index is 12.9. The van der Waals surface area contributed by atoms with Crippen molar-refractivity contribution in [2.45, 2.75) is 51.9 Å². The molecule has 0 aromatic heterocycles. The molecule has 1 amide bonds. The minimum atomic E-state index is -0.674. The molecule has 1 aromatic rings. The van der Waals surface area contributed by atoms with Gasteiger partial charge in [0.2, 0.25) is 5.91 Å². The van der Waals surface area contributed by atoms with Crippen LogP contribution in [0.4, 0.5) is 5.69 Å². The van der Waals surface area contributed by atoms with E-state index in [1.54, 1.807) is 0 Å². The minimum Gasteiger partial charge on any atom is -0.392 e. The van der Waals surface area contributed by atoms with E-state index in [0.29, 0.717) is 4.99 Å². The largest absolute Gasteiger partial charge is 0.392 e. The Balaban J connectivity index is 2.25. The van der Waals surface area contributed by atoms with Gasteiger partial charge >= 0.3 is 0 Å². The summed E-state index contributed by atoms with van der Waals surface area (Å²) in [6.07, 6.45) is 6.76. The number of thiocarbonyl (C=S) groups is 1. The molecule has 0 spiro atoms. The molecule has 114 valence electrons. The Hall–Kier alpha value is -1.42. The number of carbonyl (C=O) groups excluding carboxylic acids is 1. The van der Waals surface area contributed by atoms with Gasteiger partial charge in [-0.3, -0.25) is 4.79 Å². The average Bonchev–Trinajstić information content (AvgIpc) is 2.74. The predicted molar refractivity (Wildman–Crippen MR) is 91.4 cm³/mol. The molecular weight excluding hydrogens is 280 g/mol. The number of amides is 1. The highest BCUT2D eigenvalue weighted by Gasteiger charge is 2.41. The first-order chi connectivity index (χ1) is 10.1. The first-order valence-electron chi connectivity index (χ1n) is 7.79. The molecule has 1 aliphatic rings. The highest BCUT2D eigenvalue weighted by molar-refractivity contribution is 7.80. The van der Waals surface area contributed by atoms with Gasteiger partial charge in [-0.25, -0.2) is 0 Å². The Bertz CT molecular complexity index is 519. The van der Waals surface area contributed by atoms with Crippen molar-refractivity contribution < 1.29 is 4.79 Å². The summed E-state index contributed by atoms with van der Waals surface area (Å²) in [5.41, 5.74) is 7.31. The van der Waals surface area contributed by atoms with Crippen LogP contribution in [0.5, 0.6) is 0 Å². The van der Waals surface area contributed by atoms with E-state index in [9.17, 15) is 4.79 Å². The zero-order valence-corrected chi connectivity index (χ0v) is 13.5. The number of carbonyl (C=O) groups is 1. The molecule has 1 aliphatic carbocycles. The van der Waals surface area contributed by atoms with E-state index >= 15 is 0 Å². The normalized spacial score (nSPS) is 17.8. The van der Waals surface area contributed by atoms with Crippen LogP contribution in [0.2, 0.25) is 0 Å². The van der Waals surface area contributed by atoms with Crippen LogP contribution in [0.15, 0.2) is 24.3 Å². The predicted octanol–water partition coefficient (Wildman–Crippen LogP) is 3.81. The van der Waals surface area contributed by atoms with E-state index < -0.39 is 5.41 Å². The van der Waals surface area contributed by atoms with E-state index in [-0.39, 0.29) is 5.91 Å². The SMILES string of the molecule is CCc1ccccc1NC(=O)C1(C(N)=S)CCCCCC1. The van der Waals surface area contributed by atoms with Crippen LogP contribution in [-0.4, -0.2) is 10.9 Å². The van der Waals surface area contributed by atoms with E-state index in [2.05, 4.69) is 12.2 Å². The topological polar surface area (TPSA) is 55.1 Å². The molecule has 0 saturated heterocycles. The average molecular weight is 304 g/mol. The Morgan fingerprint density at radius 1 is 1.24 bits per heavy atom. The second-order valence-electron chi connectivity index (χ2n) is 5.83. The molecule has 2 rings (SSSR count). The number of benzene rings is 1. The molecule has 1 saturated carbocycles. The van der Waals surface area contributed by atoms with Gasteiger partial charge in [0.15, 0.2) is 0 Å². The van der Waals surface area contributed by atoms with E-state index in [1.807, 2.05) is 24.3 Å². The molecule has 0 radical (unpaired) electrons. The van der Waals surface area contributed by atoms with Crippen molar-refractivity contribution in [2.24, 2.45) is 11.1 Å². The summed E-state index contributed by atoms with van der Waals surface area (Å²) in [5.74, 6) is -0.0298. The fourth-order valence-corrected chi connectivity index (χ4v) is 3.41. The summed E-state index contributed by atoms with van der Waals surface area (Å²) in [7, 11) is 0. The van der Waals surface area contributed by atoms with Crippen LogP contribution in [0, 0.1) is 5.41 Å². The Morgan fingerprint density at radius 2 is 1.86 bits per heavy atom. The van der Waals surface area contributed by atoms with Crippen molar-refractivity contribution in [1.29, 1.82) is 0 Å². The number of para-hydroxylation sites is 1. The van der Waals surface area contributed by atoms with Crippen LogP contribution in [0.25, 0.3) is 0 Å². The molecule has 1 aromatic carbocycles. The fourth-order valence-electron chi connectivity index (χ4n) is 3.11. The van der Waals surface area contributed by atoms with Gasteiger partial charge in [-0.1, -0.05) is 63.0 Å². The van der Waals surface area contributed by atoms with E-state index in [1.165, 1.54) is 0 Å². The first-order valence-corrected chi connectivity index (χ1v) is 8.20.